The van der Waals surface area contributed by atoms with Crippen LogP contribution in [0.25, 0.3) is 0 Å². The van der Waals surface area contributed by atoms with Crippen molar-refractivity contribution < 1.29 is 14.7 Å². The SMILES string of the molecule is CC1(C2CC2)Nc2cccc(C(=O)O)c2NC1=O. The second-order valence-electron chi connectivity index (χ2n) is 5.09. The molecule has 0 aromatic heterocycles. The van der Waals surface area contributed by atoms with Gasteiger partial charge in [-0.1, -0.05) is 6.07 Å². The van der Waals surface area contributed by atoms with Crippen LogP contribution in [0.1, 0.15) is 30.1 Å². The van der Waals surface area contributed by atoms with Crippen molar-refractivity contribution in [3.05, 3.63) is 23.8 Å². The Hall–Kier alpha value is -2.04. The number of anilines is 2. The van der Waals surface area contributed by atoms with Gasteiger partial charge < -0.3 is 15.7 Å². The quantitative estimate of drug-likeness (QED) is 0.745. The van der Waals surface area contributed by atoms with Crippen LogP contribution in [0.3, 0.4) is 0 Å². The van der Waals surface area contributed by atoms with Gasteiger partial charge in [-0.3, -0.25) is 4.79 Å². The predicted octanol–water partition coefficient (Wildman–Crippen LogP) is 1.92. The first-order chi connectivity index (χ1) is 8.52. The smallest absolute Gasteiger partial charge is 0.337 e. The highest BCUT2D eigenvalue weighted by atomic mass is 16.4. The van der Waals surface area contributed by atoms with Crippen molar-refractivity contribution in [1.82, 2.24) is 0 Å². The van der Waals surface area contributed by atoms with E-state index in [9.17, 15) is 9.59 Å². The number of para-hydroxylation sites is 1. The van der Waals surface area contributed by atoms with Crippen LogP contribution in [0.4, 0.5) is 11.4 Å². The Labute approximate surface area is 104 Å². The molecule has 0 bridgehead atoms. The number of aromatic carboxylic acids is 1. The maximum absolute atomic E-state index is 12.2. The van der Waals surface area contributed by atoms with Crippen LogP contribution in [0.15, 0.2) is 18.2 Å². The van der Waals surface area contributed by atoms with Crippen LogP contribution >= 0.6 is 0 Å². The number of carbonyl (C=O) groups is 2. The number of carboxylic acids is 1. The molecule has 3 N–H and O–H groups in total. The van der Waals surface area contributed by atoms with Gasteiger partial charge in [0.1, 0.15) is 5.54 Å². The fourth-order valence-corrected chi connectivity index (χ4v) is 2.50. The summed E-state index contributed by atoms with van der Waals surface area (Å²) in [5.41, 5.74) is 0.549. The first-order valence-electron chi connectivity index (χ1n) is 5.98. The fraction of sp³-hybridized carbons (Fsp3) is 0.385. The van der Waals surface area contributed by atoms with Crippen LogP contribution in [0, 0.1) is 5.92 Å². The monoisotopic (exact) mass is 246 g/mol. The number of nitrogens with one attached hydrogen (secondary N) is 2. The Morgan fingerprint density at radius 1 is 1.44 bits per heavy atom. The van der Waals surface area contributed by atoms with Gasteiger partial charge in [-0.2, -0.15) is 0 Å². The van der Waals surface area contributed by atoms with E-state index in [-0.39, 0.29) is 11.5 Å². The minimum Gasteiger partial charge on any atom is -0.478 e. The third-order valence-corrected chi connectivity index (χ3v) is 3.79. The van der Waals surface area contributed by atoms with Crippen LogP contribution in [0.2, 0.25) is 0 Å². The van der Waals surface area contributed by atoms with Crippen molar-refractivity contribution in [3.63, 3.8) is 0 Å². The Morgan fingerprint density at radius 3 is 2.78 bits per heavy atom. The molecule has 0 spiro atoms. The summed E-state index contributed by atoms with van der Waals surface area (Å²) in [7, 11) is 0. The van der Waals surface area contributed by atoms with Crippen LogP contribution in [0.5, 0.6) is 0 Å². The fourth-order valence-electron chi connectivity index (χ4n) is 2.50. The Morgan fingerprint density at radius 2 is 2.17 bits per heavy atom. The van der Waals surface area contributed by atoms with Gasteiger partial charge >= 0.3 is 5.97 Å². The molecule has 1 aliphatic heterocycles. The first kappa shape index (κ1) is 11.1. The van der Waals surface area contributed by atoms with E-state index in [1.165, 1.54) is 6.07 Å². The van der Waals surface area contributed by atoms with Gasteiger partial charge in [-0.15, -0.1) is 0 Å². The lowest BCUT2D eigenvalue weighted by atomic mass is 9.91. The molecule has 18 heavy (non-hydrogen) atoms. The second-order valence-corrected chi connectivity index (χ2v) is 5.09. The van der Waals surface area contributed by atoms with Crippen molar-refractivity contribution in [2.24, 2.45) is 5.92 Å². The molecule has 1 aromatic carbocycles. The Kier molecular flexibility index (Phi) is 2.14. The summed E-state index contributed by atoms with van der Waals surface area (Å²) in [5, 5.41) is 15.0. The van der Waals surface area contributed by atoms with Crippen LogP contribution < -0.4 is 10.6 Å². The van der Waals surface area contributed by atoms with Gasteiger partial charge in [-0.05, 0) is 37.8 Å². The van der Waals surface area contributed by atoms with E-state index < -0.39 is 11.5 Å². The summed E-state index contributed by atoms with van der Waals surface area (Å²) in [6.07, 6.45) is 2.07. The number of hydrogen-bond acceptors (Lipinski definition) is 3. The lowest BCUT2D eigenvalue weighted by Crippen LogP contribution is -2.52. The van der Waals surface area contributed by atoms with E-state index in [0.29, 0.717) is 17.3 Å². The largest absolute Gasteiger partial charge is 0.478 e. The molecule has 0 radical (unpaired) electrons. The van der Waals surface area contributed by atoms with E-state index in [4.69, 9.17) is 5.11 Å². The lowest BCUT2D eigenvalue weighted by molar-refractivity contribution is -0.120. The number of benzene rings is 1. The summed E-state index contributed by atoms with van der Waals surface area (Å²) in [6.45, 7) is 1.87. The Bertz CT molecular complexity index is 551. The molecular formula is C13H14N2O3. The minimum absolute atomic E-state index is 0.117. The van der Waals surface area contributed by atoms with Crippen LogP contribution in [-0.2, 0) is 4.79 Å². The lowest BCUT2D eigenvalue weighted by Gasteiger charge is -2.36. The second kappa shape index (κ2) is 3.48. The van der Waals surface area contributed by atoms with Crippen molar-refractivity contribution in [1.29, 1.82) is 0 Å². The minimum atomic E-state index is -1.04. The summed E-state index contributed by atoms with van der Waals surface area (Å²) < 4.78 is 0. The molecule has 1 amide bonds. The number of carbonyl (C=O) groups excluding carboxylic acids is 1. The summed E-state index contributed by atoms with van der Waals surface area (Å²) in [6, 6.07) is 4.96. The average molecular weight is 246 g/mol. The number of hydrogen-bond donors (Lipinski definition) is 3. The molecule has 1 fully saturated rings. The van der Waals surface area contributed by atoms with Crippen molar-refractivity contribution in [3.8, 4) is 0 Å². The molecule has 5 nitrogen and oxygen atoms in total. The molecule has 3 rings (SSSR count). The Balaban J connectivity index is 2.06. The molecule has 1 unspecified atom stereocenters. The number of amides is 1. The normalized spacial score (nSPS) is 25.9. The van der Waals surface area contributed by atoms with Gasteiger partial charge in [0.05, 0.1) is 16.9 Å². The predicted molar refractivity (Wildman–Crippen MR) is 66.8 cm³/mol. The number of fused-ring (bicyclic) bond motifs is 1. The molecule has 94 valence electrons. The molecule has 0 saturated heterocycles. The standard InChI is InChI=1S/C13H14N2O3/c1-13(7-5-6-7)12(18)14-10-8(11(16)17)3-2-4-9(10)15-13/h2-4,7,15H,5-6H2,1H3,(H,14,18)(H,16,17). The highest BCUT2D eigenvalue weighted by Crippen LogP contribution is 2.45. The van der Waals surface area contributed by atoms with Crippen molar-refractivity contribution in [2.75, 3.05) is 10.6 Å². The van der Waals surface area contributed by atoms with E-state index in [1.54, 1.807) is 12.1 Å². The summed E-state index contributed by atoms with van der Waals surface area (Å²) >= 11 is 0. The first-order valence-corrected chi connectivity index (χ1v) is 5.98. The zero-order valence-corrected chi connectivity index (χ0v) is 9.99. The summed E-state index contributed by atoms with van der Waals surface area (Å²) in [5.74, 6) is -0.852. The topological polar surface area (TPSA) is 78.4 Å². The van der Waals surface area contributed by atoms with Gasteiger partial charge in [0.25, 0.3) is 0 Å². The molecule has 1 aromatic rings. The summed E-state index contributed by atoms with van der Waals surface area (Å²) in [4.78, 5) is 23.3. The van der Waals surface area contributed by atoms with Crippen molar-refractivity contribution in [2.45, 2.75) is 25.3 Å². The number of carboxylic acid groups (broad SMARTS) is 1. The maximum atomic E-state index is 12.2. The molecule has 1 saturated carbocycles. The van der Waals surface area contributed by atoms with E-state index >= 15 is 0 Å². The molecule has 2 aliphatic rings. The van der Waals surface area contributed by atoms with Gasteiger partial charge in [0.15, 0.2) is 0 Å². The zero-order valence-electron chi connectivity index (χ0n) is 9.99. The van der Waals surface area contributed by atoms with Crippen LogP contribution in [-0.4, -0.2) is 22.5 Å². The maximum Gasteiger partial charge on any atom is 0.337 e. The highest BCUT2D eigenvalue weighted by molar-refractivity contribution is 6.11. The highest BCUT2D eigenvalue weighted by Gasteiger charge is 2.49. The third kappa shape index (κ3) is 1.47. The van der Waals surface area contributed by atoms with Gasteiger partial charge in [-0.25, -0.2) is 4.79 Å². The number of rotatable bonds is 2. The van der Waals surface area contributed by atoms with Gasteiger partial charge in [0, 0.05) is 0 Å². The van der Waals surface area contributed by atoms with E-state index in [0.717, 1.165) is 12.8 Å². The molecule has 1 heterocycles. The average Bonchev–Trinajstić information content (AvgIpc) is 3.13. The third-order valence-electron chi connectivity index (χ3n) is 3.79. The van der Waals surface area contributed by atoms with E-state index in [1.807, 2.05) is 6.92 Å². The van der Waals surface area contributed by atoms with E-state index in [2.05, 4.69) is 10.6 Å². The zero-order chi connectivity index (χ0) is 12.9. The van der Waals surface area contributed by atoms with Gasteiger partial charge in [0.2, 0.25) is 5.91 Å². The molecule has 1 atom stereocenters. The van der Waals surface area contributed by atoms with Crippen molar-refractivity contribution >= 4 is 23.3 Å². The molecule has 1 aliphatic carbocycles. The molecule has 5 heteroatoms. The molecular weight excluding hydrogens is 232 g/mol.